The van der Waals surface area contributed by atoms with E-state index in [1.54, 1.807) is 6.08 Å². The van der Waals surface area contributed by atoms with Crippen LogP contribution in [0.2, 0.25) is 0 Å². The molecule has 3 heteroatoms. The van der Waals surface area contributed by atoms with Crippen LogP contribution in [0.3, 0.4) is 0 Å². The highest BCUT2D eigenvalue weighted by atomic mass is 16.5. The molecular formula is C18H24O3. The summed E-state index contributed by atoms with van der Waals surface area (Å²) in [6.07, 6.45) is 6.13. The molecule has 3 nitrogen and oxygen atoms in total. The molecule has 1 heterocycles. The van der Waals surface area contributed by atoms with Crippen LogP contribution in [0.25, 0.3) is 0 Å². The molecule has 2 saturated carbocycles. The highest BCUT2D eigenvalue weighted by Gasteiger charge is 2.58. The first-order valence-corrected chi connectivity index (χ1v) is 8.30. The summed E-state index contributed by atoms with van der Waals surface area (Å²) in [6, 6.07) is 0. The van der Waals surface area contributed by atoms with Crippen LogP contribution in [0.4, 0.5) is 0 Å². The number of hydrogen-bond acceptors (Lipinski definition) is 3. The molecule has 0 aromatic carbocycles. The van der Waals surface area contributed by atoms with Gasteiger partial charge in [0.05, 0.1) is 13.2 Å². The fourth-order valence-corrected chi connectivity index (χ4v) is 5.70. The van der Waals surface area contributed by atoms with Gasteiger partial charge in [0.15, 0.2) is 11.6 Å². The number of carbonyl (C=O) groups excluding carboxylic acids is 2. The SMILES string of the molecule is C[C@]12CC[C@@H]3[C@@H](CC(=O)C4=CC(=O)CC[C@@]43C)[C@@H]1COC2. The van der Waals surface area contributed by atoms with Crippen LogP contribution in [0.1, 0.15) is 46.0 Å². The number of allylic oxidation sites excluding steroid dienone is 2. The third-order valence-corrected chi connectivity index (χ3v) is 7.04. The summed E-state index contributed by atoms with van der Waals surface area (Å²) in [6.45, 7) is 6.24. The monoisotopic (exact) mass is 288 g/mol. The van der Waals surface area contributed by atoms with Crippen LogP contribution in [0.15, 0.2) is 11.6 Å². The molecule has 0 aromatic heterocycles. The summed E-state index contributed by atoms with van der Waals surface area (Å²) in [5.74, 6) is 1.89. The molecule has 0 aromatic rings. The van der Waals surface area contributed by atoms with Gasteiger partial charge in [-0.3, -0.25) is 9.59 Å². The molecule has 0 spiro atoms. The summed E-state index contributed by atoms with van der Waals surface area (Å²) in [4.78, 5) is 24.4. The van der Waals surface area contributed by atoms with Gasteiger partial charge in [0, 0.05) is 18.4 Å². The maximum Gasteiger partial charge on any atom is 0.159 e. The minimum absolute atomic E-state index is 0.0716. The van der Waals surface area contributed by atoms with Crippen molar-refractivity contribution in [1.82, 2.24) is 0 Å². The van der Waals surface area contributed by atoms with Crippen LogP contribution in [0, 0.1) is 28.6 Å². The average Bonchev–Trinajstić information content (AvgIpc) is 2.83. The third-order valence-electron chi connectivity index (χ3n) is 7.04. The summed E-state index contributed by atoms with van der Waals surface area (Å²) >= 11 is 0. The quantitative estimate of drug-likeness (QED) is 0.688. The lowest BCUT2D eigenvalue weighted by Crippen LogP contribution is -2.52. The van der Waals surface area contributed by atoms with Crippen LogP contribution in [0.5, 0.6) is 0 Å². The molecule has 1 saturated heterocycles. The third kappa shape index (κ3) is 1.76. The molecule has 3 fully saturated rings. The summed E-state index contributed by atoms with van der Waals surface area (Å²) in [7, 11) is 0. The van der Waals surface area contributed by atoms with Gasteiger partial charge in [-0.15, -0.1) is 0 Å². The van der Waals surface area contributed by atoms with Gasteiger partial charge in [0.25, 0.3) is 0 Å². The highest BCUT2D eigenvalue weighted by molar-refractivity contribution is 6.05. The van der Waals surface area contributed by atoms with E-state index in [-0.39, 0.29) is 22.4 Å². The molecule has 0 bridgehead atoms. The van der Waals surface area contributed by atoms with Gasteiger partial charge in [-0.2, -0.15) is 0 Å². The van der Waals surface area contributed by atoms with E-state index in [2.05, 4.69) is 13.8 Å². The van der Waals surface area contributed by atoms with E-state index < -0.39 is 0 Å². The molecule has 0 N–H and O–H groups in total. The summed E-state index contributed by atoms with van der Waals surface area (Å²) in [5, 5.41) is 0. The van der Waals surface area contributed by atoms with Gasteiger partial charge >= 0.3 is 0 Å². The van der Waals surface area contributed by atoms with E-state index in [0.29, 0.717) is 30.6 Å². The highest BCUT2D eigenvalue weighted by Crippen LogP contribution is 2.61. The maximum atomic E-state index is 12.7. The van der Waals surface area contributed by atoms with Gasteiger partial charge in [-0.25, -0.2) is 0 Å². The predicted octanol–water partition coefficient (Wildman–Crippen LogP) is 2.93. The van der Waals surface area contributed by atoms with Crippen LogP contribution in [-0.4, -0.2) is 24.8 Å². The summed E-state index contributed by atoms with van der Waals surface area (Å²) in [5.41, 5.74) is 1.03. The van der Waals surface area contributed by atoms with Gasteiger partial charge in [0.2, 0.25) is 0 Å². The first-order chi connectivity index (χ1) is 9.94. The van der Waals surface area contributed by atoms with E-state index in [1.165, 1.54) is 12.8 Å². The first kappa shape index (κ1) is 13.7. The van der Waals surface area contributed by atoms with Gasteiger partial charge in [-0.05, 0) is 53.9 Å². The Kier molecular flexibility index (Phi) is 2.79. The fourth-order valence-electron chi connectivity index (χ4n) is 5.70. The molecule has 0 amide bonds. The Morgan fingerprint density at radius 1 is 1.19 bits per heavy atom. The van der Waals surface area contributed by atoms with Crippen LogP contribution < -0.4 is 0 Å². The Morgan fingerprint density at radius 3 is 2.81 bits per heavy atom. The largest absolute Gasteiger partial charge is 0.381 e. The second kappa shape index (κ2) is 4.28. The smallest absolute Gasteiger partial charge is 0.159 e. The molecule has 0 unspecified atom stereocenters. The Bertz CT molecular complexity index is 549. The molecule has 114 valence electrons. The Hall–Kier alpha value is -0.960. The molecule has 0 radical (unpaired) electrons. The van der Waals surface area contributed by atoms with Crippen molar-refractivity contribution < 1.29 is 14.3 Å². The fraction of sp³-hybridized carbons (Fsp3) is 0.778. The topological polar surface area (TPSA) is 43.4 Å². The zero-order chi connectivity index (χ0) is 14.8. The molecule has 21 heavy (non-hydrogen) atoms. The molecule has 1 aliphatic heterocycles. The molecular weight excluding hydrogens is 264 g/mol. The lowest BCUT2D eigenvalue weighted by molar-refractivity contribution is -0.129. The molecule has 3 aliphatic carbocycles. The molecule has 4 aliphatic rings. The average molecular weight is 288 g/mol. The van der Waals surface area contributed by atoms with E-state index in [0.717, 1.165) is 25.2 Å². The standard InChI is InChI=1S/C18H24O3/c1-17-5-4-13-12(15(17)9-21-10-17)8-16(20)14-7-11(19)3-6-18(13,14)2/h7,12-13,15H,3-6,8-10H2,1-2H3/t12-,13-,15+,17-,18-/m1/s1. The number of carbonyl (C=O) groups is 2. The number of ketones is 2. The van der Waals surface area contributed by atoms with Crippen molar-refractivity contribution in [3.63, 3.8) is 0 Å². The number of fused-ring (bicyclic) bond motifs is 5. The second-order valence-corrected chi connectivity index (χ2v) is 8.15. The molecule has 5 atom stereocenters. The van der Waals surface area contributed by atoms with Crippen LogP contribution in [-0.2, 0) is 14.3 Å². The van der Waals surface area contributed by atoms with E-state index in [1.807, 2.05) is 0 Å². The van der Waals surface area contributed by atoms with Gasteiger partial charge in [0.1, 0.15) is 0 Å². The van der Waals surface area contributed by atoms with Crippen molar-refractivity contribution in [2.75, 3.05) is 13.2 Å². The number of hydrogen-bond donors (Lipinski definition) is 0. The van der Waals surface area contributed by atoms with Gasteiger partial charge in [-0.1, -0.05) is 13.8 Å². The predicted molar refractivity (Wildman–Crippen MR) is 78.7 cm³/mol. The summed E-state index contributed by atoms with van der Waals surface area (Å²) < 4.78 is 5.78. The van der Waals surface area contributed by atoms with Crippen LogP contribution >= 0.6 is 0 Å². The maximum absolute atomic E-state index is 12.7. The normalized spacial score (nSPS) is 49.2. The van der Waals surface area contributed by atoms with Crippen molar-refractivity contribution in [3.05, 3.63) is 11.6 Å². The Balaban J connectivity index is 1.75. The van der Waals surface area contributed by atoms with Crippen molar-refractivity contribution in [2.45, 2.75) is 46.0 Å². The van der Waals surface area contributed by atoms with Crippen molar-refractivity contribution in [3.8, 4) is 0 Å². The first-order valence-electron chi connectivity index (χ1n) is 8.30. The van der Waals surface area contributed by atoms with Gasteiger partial charge < -0.3 is 4.74 Å². The lowest BCUT2D eigenvalue weighted by atomic mass is 9.47. The van der Waals surface area contributed by atoms with Crippen molar-refractivity contribution >= 4 is 11.6 Å². The minimum Gasteiger partial charge on any atom is -0.381 e. The van der Waals surface area contributed by atoms with E-state index in [4.69, 9.17) is 4.74 Å². The minimum atomic E-state index is -0.0716. The number of ether oxygens (including phenoxy) is 1. The molecule has 4 rings (SSSR count). The van der Waals surface area contributed by atoms with E-state index >= 15 is 0 Å². The van der Waals surface area contributed by atoms with E-state index in [9.17, 15) is 9.59 Å². The zero-order valence-corrected chi connectivity index (χ0v) is 13.0. The second-order valence-electron chi connectivity index (χ2n) is 8.15. The lowest BCUT2D eigenvalue weighted by Gasteiger charge is -2.55. The zero-order valence-electron chi connectivity index (χ0n) is 13.0. The van der Waals surface area contributed by atoms with Crippen molar-refractivity contribution in [2.24, 2.45) is 28.6 Å². The number of Topliss-reactive ketones (excluding diaryl/α,β-unsaturated/α-hetero) is 1. The Morgan fingerprint density at radius 2 is 2.00 bits per heavy atom. The Labute approximate surface area is 126 Å². The number of rotatable bonds is 0. The van der Waals surface area contributed by atoms with Crippen molar-refractivity contribution in [1.29, 1.82) is 0 Å².